The maximum Gasteiger partial charge on any atom is 0.418 e. The number of H-pyrrole nitrogens is 1. The van der Waals surface area contributed by atoms with Crippen LogP contribution in [0.4, 0.5) is 24.5 Å². The zero-order chi connectivity index (χ0) is 30.6. The first-order valence-corrected chi connectivity index (χ1v) is 14.5. The zero-order valence-corrected chi connectivity index (χ0v) is 23.7. The number of nitro benzene ring substituents is 1. The number of ether oxygens (including phenoxy) is 1. The highest BCUT2D eigenvalue weighted by Crippen LogP contribution is 2.55. The molecule has 3 heterocycles. The highest BCUT2D eigenvalue weighted by atomic mass is 32.2. The van der Waals surface area contributed by atoms with E-state index in [1.54, 1.807) is 0 Å². The van der Waals surface area contributed by atoms with Crippen molar-refractivity contribution in [1.82, 2.24) is 4.98 Å². The number of alkyl halides is 3. The Labute approximate surface area is 249 Å². The Bertz CT molecular complexity index is 1850. The summed E-state index contributed by atoms with van der Waals surface area (Å²) in [6.45, 7) is 1.97. The second-order valence-corrected chi connectivity index (χ2v) is 12.2. The van der Waals surface area contributed by atoms with Crippen LogP contribution in [0.2, 0.25) is 0 Å². The molecule has 0 aliphatic carbocycles. The van der Waals surface area contributed by atoms with E-state index in [0.717, 1.165) is 52.4 Å². The number of aromatic nitrogens is 1. The van der Waals surface area contributed by atoms with Crippen LogP contribution in [0, 0.1) is 23.0 Å². The number of thiazole rings is 1. The number of non-ortho nitro benzene ring substituents is 1. The summed E-state index contributed by atoms with van der Waals surface area (Å²) in [5.74, 6) is -4.00. The third kappa shape index (κ3) is 5.10. The second-order valence-electron chi connectivity index (χ2n) is 10.0. The van der Waals surface area contributed by atoms with Crippen molar-refractivity contribution in [2.75, 3.05) is 4.90 Å². The molecule has 0 saturated carbocycles. The van der Waals surface area contributed by atoms with E-state index in [1.807, 2.05) is 31.2 Å². The highest BCUT2D eigenvalue weighted by molar-refractivity contribution is 8.00. The van der Waals surface area contributed by atoms with Gasteiger partial charge in [-0.1, -0.05) is 65.1 Å². The first-order valence-electron chi connectivity index (χ1n) is 12.8. The number of nitro groups is 1. The van der Waals surface area contributed by atoms with E-state index < -0.39 is 56.1 Å². The van der Waals surface area contributed by atoms with Gasteiger partial charge >= 0.3 is 11.0 Å². The number of carbonyl (C=O) groups is 2. The number of nitrogens with one attached hydrogen (secondary N) is 1. The molecule has 2 amide bonds. The van der Waals surface area contributed by atoms with Crippen molar-refractivity contribution in [3.8, 4) is 5.75 Å². The Balaban J connectivity index is 1.50. The summed E-state index contributed by atoms with van der Waals surface area (Å²) in [7, 11) is 0. The van der Waals surface area contributed by atoms with Gasteiger partial charge in [0.1, 0.15) is 17.6 Å². The van der Waals surface area contributed by atoms with Crippen molar-refractivity contribution in [2.45, 2.75) is 35.9 Å². The Morgan fingerprint density at radius 1 is 1.02 bits per heavy atom. The number of carbonyl (C=O) groups excluding carboxylic acids is 2. The fourth-order valence-electron chi connectivity index (χ4n) is 5.48. The first-order chi connectivity index (χ1) is 20.4. The predicted octanol–water partition coefficient (Wildman–Crippen LogP) is 6.05. The van der Waals surface area contributed by atoms with Crippen LogP contribution in [0.25, 0.3) is 0 Å². The Morgan fingerprint density at radius 3 is 2.51 bits per heavy atom. The van der Waals surface area contributed by atoms with Crippen LogP contribution in [0.1, 0.15) is 33.0 Å². The molecule has 6 rings (SSSR count). The number of amides is 2. The molecule has 2 aliphatic rings. The van der Waals surface area contributed by atoms with E-state index in [1.165, 1.54) is 24.3 Å². The lowest BCUT2D eigenvalue weighted by Gasteiger charge is -2.30. The Morgan fingerprint density at radius 2 is 1.79 bits per heavy atom. The molecule has 3 atom stereocenters. The SMILES string of the molecule is Cc1cccc(COc2ccc([N+](=O)[O-])cc2[C@H]2c3sc(=O)[nH]c3SC3C(=O)N(c4ccccc4C(F)(F)F)C(=O)C32)c1. The number of benzene rings is 3. The third-order valence-corrected chi connectivity index (χ3v) is 9.69. The molecule has 4 aromatic rings. The van der Waals surface area contributed by atoms with Crippen LogP contribution >= 0.6 is 23.1 Å². The number of aryl methyl sites for hydroxylation is 1. The van der Waals surface area contributed by atoms with Gasteiger partial charge in [0.15, 0.2) is 0 Å². The van der Waals surface area contributed by atoms with Gasteiger partial charge < -0.3 is 9.72 Å². The normalized spacial score (nSPS) is 19.7. The lowest BCUT2D eigenvalue weighted by Crippen LogP contribution is -2.33. The summed E-state index contributed by atoms with van der Waals surface area (Å²) >= 11 is 1.66. The van der Waals surface area contributed by atoms with Gasteiger partial charge in [-0.15, -0.1) is 0 Å². The van der Waals surface area contributed by atoms with Crippen molar-refractivity contribution < 1.29 is 32.4 Å². The van der Waals surface area contributed by atoms with Crippen molar-refractivity contribution >= 4 is 46.3 Å². The largest absolute Gasteiger partial charge is 0.489 e. The molecular weight excluding hydrogens is 607 g/mol. The van der Waals surface area contributed by atoms with Crippen molar-refractivity contribution in [1.29, 1.82) is 0 Å². The molecule has 1 N–H and O–H groups in total. The molecule has 220 valence electrons. The van der Waals surface area contributed by atoms with Gasteiger partial charge in [-0.25, -0.2) is 4.90 Å². The number of fused-ring (bicyclic) bond motifs is 2. The van der Waals surface area contributed by atoms with E-state index >= 15 is 0 Å². The van der Waals surface area contributed by atoms with Crippen molar-refractivity contribution in [3.05, 3.63) is 114 Å². The van der Waals surface area contributed by atoms with Crippen LogP contribution in [0.3, 0.4) is 0 Å². The summed E-state index contributed by atoms with van der Waals surface area (Å²) in [5.41, 5.74) is -0.138. The summed E-state index contributed by atoms with van der Waals surface area (Å²) in [6.07, 6.45) is -4.85. The van der Waals surface area contributed by atoms with Crippen LogP contribution in [0.15, 0.2) is 76.6 Å². The van der Waals surface area contributed by atoms with Crippen LogP contribution in [-0.4, -0.2) is 27.0 Å². The van der Waals surface area contributed by atoms with Gasteiger partial charge in [-0.3, -0.25) is 24.5 Å². The molecule has 0 radical (unpaired) electrons. The molecule has 1 fully saturated rings. The van der Waals surface area contributed by atoms with E-state index in [2.05, 4.69) is 4.98 Å². The number of halogens is 3. The van der Waals surface area contributed by atoms with Crippen LogP contribution < -0.4 is 14.5 Å². The summed E-state index contributed by atoms with van der Waals surface area (Å²) < 4.78 is 47.9. The predicted molar refractivity (Wildman–Crippen MR) is 152 cm³/mol. The zero-order valence-electron chi connectivity index (χ0n) is 22.1. The molecule has 1 aromatic heterocycles. The number of hydrogen-bond acceptors (Lipinski definition) is 8. The topological polar surface area (TPSA) is 123 Å². The maximum absolute atomic E-state index is 14.0. The van der Waals surface area contributed by atoms with Gasteiger partial charge in [0.25, 0.3) is 5.69 Å². The molecule has 3 aromatic carbocycles. The third-order valence-electron chi connectivity index (χ3n) is 7.29. The highest BCUT2D eigenvalue weighted by Gasteiger charge is 2.58. The van der Waals surface area contributed by atoms with Gasteiger partial charge in [-0.2, -0.15) is 13.2 Å². The average Bonchev–Trinajstić information content (AvgIpc) is 3.45. The fraction of sp³-hybridized carbons (Fsp3) is 0.207. The van der Waals surface area contributed by atoms with E-state index in [9.17, 15) is 37.7 Å². The average molecular weight is 628 g/mol. The Hall–Kier alpha value is -4.43. The number of para-hydroxylation sites is 1. The van der Waals surface area contributed by atoms with Crippen LogP contribution in [0.5, 0.6) is 5.75 Å². The minimum Gasteiger partial charge on any atom is -0.489 e. The molecule has 43 heavy (non-hydrogen) atoms. The van der Waals surface area contributed by atoms with E-state index in [4.69, 9.17) is 4.74 Å². The molecular formula is C29H20F3N3O6S2. The van der Waals surface area contributed by atoms with Crippen molar-refractivity contribution in [3.63, 3.8) is 0 Å². The van der Waals surface area contributed by atoms with Gasteiger partial charge in [0.2, 0.25) is 11.8 Å². The molecule has 1 saturated heterocycles. The summed E-state index contributed by atoms with van der Waals surface area (Å²) in [4.78, 5) is 54.4. The number of imide groups is 1. The molecule has 2 aliphatic heterocycles. The van der Waals surface area contributed by atoms with Gasteiger partial charge in [0, 0.05) is 28.5 Å². The number of nitrogens with zero attached hydrogens (tertiary/aromatic N) is 2. The quantitative estimate of drug-likeness (QED) is 0.157. The second kappa shape index (κ2) is 10.7. The van der Waals surface area contributed by atoms with E-state index in [-0.39, 0.29) is 28.6 Å². The smallest absolute Gasteiger partial charge is 0.418 e. The lowest BCUT2D eigenvalue weighted by molar-refractivity contribution is -0.385. The molecule has 9 nitrogen and oxygen atoms in total. The summed E-state index contributed by atoms with van der Waals surface area (Å²) in [6, 6.07) is 15.6. The van der Waals surface area contributed by atoms with Crippen LogP contribution in [-0.2, 0) is 22.4 Å². The molecule has 2 unspecified atom stereocenters. The Kier molecular flexibility index (Phi) is 7.13. The number of rotatable bonds is 6. The minimum absolute atomic E-state index is 0.0657. The van der Waals surface area contributed by atoms with E-state index in [0.29, 0.717) is 9.78 Å². The number of hydrogen-bond donors (Lipinski definition) is 1. The van der Waals surface area contributed by atoms with Gasteiger partial charge in [-0.05, 0) is 30.7 Å². The minimum atomic E-state index is -4.85. The van der Waals surface area contributed by atoms with Gasteiger partial charge in [0.05, 0.1) is 27.1 Å². The first kappa shape index (κ1) is 28.7. The standard InChI is InChI=1S/C29H20F3N3O6S2/c1-14-5-4-6-15(11-14)13-41-20-10-9-16(35(39)40)12-17(20)21-22-24(42-25-23(21)43-28(38)33-25)27(37)34(26(22)36)19-8-3-2-7-18(19)29(30,31)32/h2-12,21-22,24H,13H2,1H3,(H,33,38)/t21-,22?,24?/m1/s1. The lowest BCUT2D eigenvalue weighted by atomic mass is 9.82. The summed E-state index contributed by atoms with van der Waals surface area (Å²) in [5, 5.41) is 10.9. The maximum atomic E-state index is 14.0. The molecule has 0 bridgehead atoms. The fourth-order valence-corrected chi connectivity index (χ4v) is 7.99. The monoisotopic (exact) mass is 627 g/mol. The van der Waals surface area contributed by atoms with Crippen molar-refractivity contribution in [2.24, 2.45) is 5.92 Å². The number of aromatic amines is 1. The number of anilines is 1. The molecule has 14 heteroatoms. The number of thioether (sulfide) groups is 1. The molecule has 0 spiro atoms.